The van der Waals surface area contributed by atoms with Crippen molar-refractivity contribution in [3.05, 3.63) is 47.0 Å². The number of fused-ring (bicyclic) bond motifs is 1. The van der Waals surface area contributed by atoms with Crippen LogP contribution >= 0.6 is 11.6 Å². The fourth-order valence-corrected chi connectivity index (χ4v) is 3.44. The number of imide groups is 1. The lowest BCUT2D eigenvalue weighted by Crippen LogP contribution is -2.34. The van der Waals surface area contributed by atoms with E-state index in [1.165, 1.54) is 4.90 Å². The van der Waals surface area contributed by atoms with Gasteiger partial charge >= 0.3 is 5.97 Å². The number of halogens is 1. The van der Waals surface area contributed by atoms with Gasteiger partial charge in [0, 0.05) is 5.03 Å². The molecule has 0 unspecified atom stereocenters. The SMILES string of the molecule is O=C(Cc1ccccc1)OCCN1C(=O)[C@@H]2CC=C(Cl)C[C@H]2C1=O. The van der Waals surface area contributed by atoms with Gasteiger partial charge in [-0.25, -0.2) is 0 Å². The van der Waals surface area contributed by atoms with Gasteiger partial charge in [-0.2, -0.15) is 0 Å². The lowest BCUT2D eigenvalue weighted by Gasteiger charge is -2.17. The van der Waals surface area contributed by atoms with Crippen LogP contribution < -0.4 is 0 Å². The average molecular weight is 348 g/mol. The zero-order chi connectivity index (χ0) is 17.1. The summed E-state index contributed by atoms with van der Waals surface area (Å²) < 4.78 is 5.15. The summed E-state index contributed by atoms with van der Waals surface area (Å²) in [5.41, 5.74) is 0.863. The highest BCUT2D eigenvalue weighted by Gasteiger charge is 2.48. The number of esters is 1. The lowest BCUT2D eigenvalue weighted by atomic mass is 9.85. The van der Waals surface area contributed by atoms with Crippen LogP contribution in [-0.2, 0) is 25.5 Å². The number of hydrogen-bond donors (Lipinski definition) is 0. The monoisotopic (exact) mass is 347 g/mol. The molecule has 1 saturated heterocycles. The summed E-state index contributed by atoms with van der Waals surface area (Å²) in [7, 11) is 0. The van der Waals surface area contributed by atoms with Crippen molar-refractivity contribution in [3.63, 3.8) is 0 Å². The van der Waals surface area contributed by atoms with Crippen LogP contribution in [0, 0.1) is 11.8 Å². The number of allylic oxidation sites excluding steroid dienone is 2. The van der Waals surface area contributed by atoms with Gasteiger partial charge in [0.25, 0.3) is 0 Å². The molecule has 0 N–H and O–H groups in total. The van der Waals surface area contributed by atoms with Gasteiger partial charge < -0.3 is 4.74 Å². The van der Waals surface area contributed by atoms with E-state index in [1.807, 2.05) is 30.3 Å². The van der Waals surface area contributed by atoms with E-state index in [2.05, 4.69) is 0 Å². The molecule has 0 bridgehead atoms. The predicted molar refractivity (Wildman–Crippen MR) is 88.0 cm³/mol. The number of rotatable bonds is 5. The molecule has 1 aromatic rings. The topological polar surface area (TPSA) is 63.7 Å². The van der Waals surface area contributed by atoms with E-state index in [0.717, 1.165) is 5.56 Å². The standard InChI is InChI=1S/C18H18ClNO4/c19-13-6-7-14-15(11-13)18(23)20(17(14)22)8-9-24-16(21)10-12-4-2-1-3-5-12/h1-6,14-15H,7-11H2/t14-,15-/m1/s1. The van der Waals surface area contributed by atoms with Crippen molar-refractivity contribution >= 4 is 29.4 Å². The number of likely N-dealkylation sites (tertiary alicyclic amines) is 1. The highest BCUT2D eigenvalue weighted by atomic mass is 35.5. The van der Waals surface area contributed by atoms with Gasteiger partial charge in [-0.15, -0.1) is 0 Å². The molecule has 126 valence electrons. The van der Waals surface area contributed by atoms with E-state index in [4.69, 9.17) is 16.3 Å². The zero-order valence-corrected chi connectivity index (χ0v) is 13.9. The number of nitrogens with zero attached hydrogens (tertiary/aromatic N) is 1. The summed E-state index contributed by atoms with van der Waals surface area (Å²) in [6.45, 7) is 0.118. The van der Waals surface area contributed by atoms with Crippen molar-refractivity contribution in [1.29, 1.82) is 0 Å². The molecule has 2 amide bonds. The van der Waals surface area contributed by atoms with Crippen LogP contribution in [0.2, 0.25) is 0 Å². The second-order valence-corrected chi connectivity index (χ2v) is 6.50. The molecule has 1 aromatic carbocycles. The van der Waals surface area contributed by atoms with Gasteiger partial charge in [0.15, 0.2) is 0 Å². The Balaban J connectivity index is 1.49. The summed E-state index contributed by atoms with van der Waals surface area (Å²) in [5, 5.41) is 0.633. The van der Waals surface area contributed by atoms with Crippen molar-refractivity contribution < 1.29 is 19.1 Å². The fourth-order valence-electron chi connectivity index (χ4n) is 3.18. The van der Waals surface area contributed by atoms with Gasteiger partial charge in [-0.3, -0.25) is 19.3 Å². The summed E-state index contributed by atoms with van der Waals surface area (Å²) in [5.74, 6) is -1.46. The number of ether oxygens (including phenoxy) is 1. The van der Waals surface area contributed by atoms with Crippen LogP contribution in [0.1, 0.15) is 18.4 Å². The molecule has 5 nitrogen and oxygen atoms in total. The van der Waals surface area contributed by atoms with Crippen LogP contribution in [0.25, 0.3) is 0 Å². The third-order valence-electron chi connectivity index (χ3n) is 4.43. The molecule has 0 aromatic heterocycles. The first kappa shape index (κ1) is 16.7. The van der Waals surface area contributed by atoms with E-state index in [-0.39, 0.29) is 49.2 Å². The molecule has 1 heterocycles. The Hall–Kier alpha value is -2.14. The largest absolute Gasteiger partial charge is 0.464 e. The molecule has 1 fully saturated rings. The molecule has 6 heteroatoms. The number of amides is 2. The molecule has 2 aliphatic rings. The number of carbonyl (C=O) groups excluding carboxylic acids is 3. The minimum absolute atomic E-state index is 0.0176. The van der Waals surface area contributed by atoms with Crippen molar-refractivity contribution in [2.45, 2.75) is 19.3 Å². The first-order valence-electron chi connectivity index (χ1n) is 7.95. The minimum Gasteiger partial charge on any atom is -0.464 e. The average Bonchev–Trinajstić information content (AvgIpc) is 2.80. The van der Waals surface area contributed by atoms with Crippen molar-refractivity contribution in [2.75, 3.05) is 13.2 Å². The van der Waals surface area contributed by atoms with Crippen LogP contribution in [0.5, 0.6) is 0 Å². The summed E-state index contributed by atoms with van der Waals surface area (Å²) in [6, 6.07) is 9.27. The van der Waals surface area contributed by atoms with Gasteiger partial charge in [0.2, 0.25) is 11.8 Å². The Bertz CT molecular complexity index is 686. The molecule has 24 heavy (non-hydrogen) atoms. The van der Waals surface area contributed by atoms with E-state index in [0.29, 0.717) is 17.9 Å². The molecule has 1 aliphatic carbocycles. The van der Waals surface area contributed by atoms with Gasteiger partial charge in [0.1, 0.15) is 6.61 Å². The van der Waals surface area contributed by atoms with E-state index >= 15 is 0 Å². The minimum atomic E-state index is -0.373. The first-order valence-corrected chi connectivity index (χ1v) is 8.33. The molecule has 0 saturated carbocycles. The lowest BCUT2D eigenvalue weighted by molar-refractivity contribution is -0.148. The maximum atomic E-state index is 12.3. The van der Waals surface area contributed by atoms with E-state index in [9.17, 15) is 14.4 Å². The third kappa shape index (κ3) is 3.51. The summed E-state index contributed by atoms with van der Waals surface area (Å²) >= 11 is 5.98. The smallest absolute Gasteiger partial charge is 0.310 e. The van der Waals surface area contributed by atoms with E-state index < -0.39 is 0 Å². The van der Waals surface area contributed by atoms with Crippen molar-refractivity contribution in [2.24, 2.45) is 11.8 Å². The quantitative estimate of drug-likeness (QED) is 0.605. The van der Waals surface area contributed by atoms with E-state index in [1.54, 1.807) is 6.08 Å². The van der Waals surface area contributed by atoms with Gasteiger partial charge in [0.05, 0.1) is 24.8 Å². The Labute approximate surface area is 145 Å². The number of benzene rings is 1. The highest BCUT2D eigenvalue weighted by Crippen LogP contribution is 2.38. The predicted octanol–water partition coefficient (Wildman–Crippen LogP) is 2.29. The molecule has 2 atom stereocenters. The number of carbonyl (C=O) groups is 3. The zero-order valence-electron chi connectivity index (χ0n) is 13.1. The highest BCUT2D eigenvalue weighted by molar-refractivity contribution is 6.30. The molecule has 1 aliphatic heterocycles. The third-order valence-corrected chi connectivity index (χ3v) is 4.74. The molecule has 0 spiro atoms. The normalized spacial score (nSPS) is 23.0. The van der Waals surface area contributed by atoms with Crippen LogP contribution in [0.15, 0.2) is 41.4 Å². The Kier molecular flexibility index (Phi) is 5.00. The number of hydrogen-bond acceptors (Lipinski definition) is 4. The van der Waals surface area contributed by atoms with Crippen LogP contribution in [0.3, 0.4) is 0 Å². The maximum Gasteiger partial charge on any atom is 0.310 e. The molecular formula is C18H18ClNO4. The Morgan fingerprint density at radius 1 is 1.17 bits per heavy atom. The fraction of sp³-hybridized carbons (Fsp3) is 0.389. The Morgan fingerprint density at radius 2 is 1.88 bits per heavy atom. The van der Waals surface area contributed by atoms with Crippen LogP contribution in [-0.4, -0.2) is 35.8 Å². The molecule has 0 radical (unpaired) electrons. The molecule has 3 rings (SSSR count). The first-order chi connectivity index (χ1) is 11.6. The van der Waals surface area contributed by atoms with Gasteiger partial charge in [-0.05, 0) is 18.4 Å². The van der Waals surface area contributed by atoms with Crippen molar-refractivity contribution in [3.8, 4) is 0 Å². The molecular weight excluding hydrogens is 330 g/mol. The van der Waals surface area contributed by atoms with Gasteiger partial charge in [-0.1, -0.05) is 48.0 Å². The Morgan fingerprint density at radius 3 is 2.62 bits per heavy atom. The summed E-state index contributed by atoms with van der Waals surface area (Å²) in [6.07, 6.45) is 2.89. The van der Waals surface area contributed by atoms with Crippen LogP contribution in [0.4, 0.5) is 0 Å². The maximum absolute atomic E-state index is 12.3. The summed E-state index contributed by atoms with van der Waals surface area (Å²) in [4.78, 5) is 37.7. The second kappa shape index (κ2) is 7.18. The second-order valence-electron chi connectivity index (χ2n) is 6.01. The van der Waals surface area contributed by atoms with Crippen molar-refractivity contribution in [1.82, 2.24) is 4.90 Å².